The van der Waals surface area contributed by atoms with Crippen LogP contribution in [0.25, 0.3) is 0 Å². The molecule has 0 aliphatic heterocycles. The van der Waals surface area contributed by atoms with Crippen LogP contribution < -0.4 is 9.38 Å². The minimum Gasteiger partial charge on any atom is -0.512 e. The zero-order chi connectivity index (χ0) is 20.7. The van der Waals surface area contributed by atoms with Crippen molar-refractivity contribution in [3.63, 3.8) is 0 Å². The molecule has 0 atom stereocenters. The van der Waals surface area contributed by atoms with Gasteiger partial charge in [-0.2, -0.15) is 0 Å². The number of nitrogens with one attached hydrogen (secondary N) is 1. The molecule has 0 heterocycles. The van der Waals surface area contributed by atoms with Crippen molar-refractivity contribution in [3.05, 3.63) is 29.3 Å². The summed E-state index contributed by atoms with van der Waals surface area (Å²) in [4.78, 5) is 23.3. The second-order valence-electron chi connectivity index (χ2n) is 6.62. The van der Waals surface area contributed by atoms with Crippen LogP contribution in [-0.2, 0) is 19.6 Å². The lowest BCUT2D eigenvalue weighted by molar-refractivity contribution is -0.140. The predicted molar refractivity (Wildman–Crippen MR) is 101 cm³/mol. The van der Waals surface area contributed by atoms with Gasteiger partial charge in [0.25, 0.3) is 5.91 Å². The van der Waals surface area contributed by atoms with Crippen LogP contribution in [0, 0.1) is 0 Å². The molecule has 0 bridgehead atoms. The van der Waals surface area contributed by atoms with Gasteiger partial charge in [0.05, 0.1) is 12.4 Å². The van der Waals surface area contributed by atoms with Crippen molar-refractivity contribution in [2.24, 2.45) is 0 Å². The van der Waals surface area contributed by atoms with E-state index >= 15 is 0 Å². The molecule has 0 spiro atoms. The van der Waals surface area contributed by atoms with Crippen LogP contribution in [0.2, 0.25) is 0 Å². The minimum absolute atomic E-state index is 0.0483. The van der Waals surface area contributed by atoms with Gasteiger partial charge < -0.3 is 19.4 Å². The molecule has 0 unspecified atom stereocenters. The summed E-state index contributed by atoms with van der Waals surface area (Å²) in [6.07, 6.45) is 3.75. The maximum absolute atomic E-state index is 12.6. The molecule has 9 nitrogen and oxygen atoms in total. The van der Waals surface area contributed by atoms with E-state index in [4.69, 9.17) is 14.7 Å². The molecule has 28 heavy (non-hydrogen) atoms. The van der Waals surface area contributed by atoms with Gasteiger partial charge in [0, 0.05) is 12.5 Å². The summed E-state index contributed by atoms with van der Waals surface area (Å²) in [6, 6.07) is 4.33. The Kier molecular flexibility index (Phi) is 7.84. The Balaban J connectivity index is 2.13. The first-order valence-electron chi connectivity index (χ1n) is 9.03. The van der Waals surface area contributed by atoms with Crippen molar-refractivity contribution in [2.45, 2.75) is 44.9 Å². The van der Waals surface area contributed by atoms with Crippen molar-refractivity contribution in [1.29, 1.82) is 0 Å². The van der Waals surface area contributed by atoms with Crippen molar-refractivity contribution in [2.75, 3.05) is 12.4 Å². The van der Waals surface area contributed by atoms with Crippen molar-refractivity contribution in [1.82, 2.24) is 4.72 Å². The molecule has 0 saturated heterocycles. The quantitative estimate of drug-likeness (QED) is 0.306. The summed E-state index contributed by atoms with van der Waals surface area (Å²) in [7, 11) is -5.89. The standard InChI is InChI=1S/C17H24BNO8S/c1-12(20)26-9-4-10-28(24,25)19-17(21)15-8-7-14(27-18(22)23)11-16(15)13-5-2-3-6-13/h7-8,11,13,22-23H,2-6,9-10H2,1H3,(H,19,21). The lowest BCUT2D eigenvalue weighted by Gasteiger charge is -2.17. The molecule has 0 radical (unpaired) electrons. The number of hydrogen-bond acceptors (Lipinski definition) is 8. The van der Waals surface area contributed by atoms with E-state index in [1.54, 1.807) is 0 Å². The highest BCUT2D eigenvalue weighted by molar-refractivity contribution is 7.90. The van der Waals surface area contributed by atoms with Gasteiger partial charge in [-0.1, -0.05) is 12.8 Å². The van der Waals surface area contributed by atoms with Crippen molar-refractivity contribution in [3.8, 4) is 5.75 Å². The van der Waals surface area contributed by atoms with Crippen LogP contribution in [0.5, 0.6) is 5.75 Å². The van der Waals surface area contributed by atoms with Crippen molar-refractivity contribution >= 4 is 29.2 Å². The Morgan fingerprint density at radius 1 is 1.25 bits per heavy atom. The largest absolute Gasteiger partial charge is 0.707 e. The number of amides is 1. The molecule has 1 aliphatic carbocycles. The first kappa shape index (κ1) is 22.2. The fourth-order valence-corrected chi connectivity index (χ4v) is 4.22. The summed E-state index contributed by atoms with van der Waals surface area (Å²) in [5.41, 5.74) is 0.818. The summed E-state index contributed by atoms with van der Waals surface area (Å²) in [6.45, 7) is 1.18. The number of sulfonamides is 1. The maximum Gasteiger partial charge on any atom is 0.707 e. The third-order valence-corrected chi connectivity index (χ3v) is 5.74. The highest BCUT2D eigenvalue weighted by atomic mass is 32.2. The van der Waals surface area contributed by atoms with Gasteiger partial charge >= 0.3 is 13.3 Å². The zero-order valence-electron chi connectivity index (χ0n) is 15.6. The second-order valence-corrected chi connectivity index (χ2v) is 8.46. The van der Waals surface area contributed by atoms with E-state index in [1.165, 1.54) is 25.1 Å². The highest BCUT2D eigenvalue weighted by Gasteiger charge is 2.26. The third-order valence-electron chi connectivity index (χ3n) is 4.42. The number of rotatable bonds is 9. The summed E-state index contributed by atoms with van der Waals surface area (Å²) >= 11 is 0. The van der Waals surface area contributed by atoms with Gasteiger partial charge in [0.2, 0.25) is 10.0 Å². The minimum atomic E-state index is -3.90. The van der Waals surface area contributed by atoms with E-state index in [1.807, 2.05) is 4.72 Å². The normalized spacial score (nSPS) is 14.5. The lowest BCUT2D eigenvalue weighted by atomic mass is 9.92. The van der Waals surface area contributed by atoms with Gasteiger partial charge in [-0.15, -0.1) is 0 Å². The molecule has 11 heteroatoms. The fourth-order valence-electron chi connectivity index (χ4n) is 3.23. The molecular weight excluding hydrogens is 389 g/mol. The maximum atomic E-state index is 12.6. The van der Waals surface area contributed by atoms with E-state index in [9.17, 15) is 18.0 Å². The second kappa shape index (κ2) is 9.90. The van der Waals surface area contributed by atoms with Crippen LogP contribution >= 0.6 is 0 Å². The SMILES string of the molecule is CC(=O)OCCCS(=O)(=O)NC(=O)c1ccc(OB(O)O)cc1C1CCCC1. The number of carbonyl (C=O) groups excluding carboxylic acids is 2. The average molecular weight is 413 g/mol. The van der Waals surface area contributed by atoms with E-state index in [2.05, 4.69) is 4.74 Å². The number of carbonyl (C=O) groups is 2. The molecule has 0 aromatic heterocycles. The smallest absolute Gasteiger partial charge is 0.512 e. The molecule has 3 N–H and O–H groups in total. The first-order chi connectivity index (χ1) is 13.2. The summed E-state index contributed by atoms with van der Waals surface area (Å²) in [5.74, 6) is -1.38. The molecule has 1 amide bonds. The lowest BCUT2D eigenvalue weighted by Crippen LogP contribution is -2.33. The zero-order valence-corrected chi connectivity index (χ0v) is 16.4. The number of benzene rings is 1. The van der Waals surface area contributed by atoms with Gasteiger partial charge in [0.15, 0.2) is 0 Å². The summed E-state index contributed by atoms with van der Waals surface area (Å²) < 4.78 is 35.9. The van der Waals surface area contributed by atoms with E-state index < -0.39 is 29.2 Å². The van der Waals surface area contributed by atoms with Crippen molar-refractivity contribution < 1.29 is 37.4 Å². The Bertz CT molecular complexity index is 805. The monoisotopic (exact) mass is 413 g/mol. The molecule has 1 aromatic rings. The Morgan fingerprint density at radius 3 is 2.54 bits per heavy atom. The Hall–Kier alpha value is -2.11. The predicted octanol–water partition coefficient (Wildman–Crippen LogP) is 0.705. The molecule has 1 aliphatic rings. The topological polar surface area (TPSA) is 139 Å². The number of esters is 1. The van der Waals surface area contributed by atoms with Crippen LogP contribution in [0.4, 0.5) is 0 Å². The van der Waals surface area contributed by atoms with Gasteiger partial charge in [-0.25, -0.2) is 13.1 Å². The Morgan fingerprint density at radius 2 is 1.93 bits per heavy atom. The molecular formula is C17H24BNO8S. The van der Waals surface area contributed by atoms with E-state index in [0.717, 1.165) is 25.7 Å². The van der Waals surface area contributed by atoms with E-state index in [-0.39, 0.29) is 36.0 Å². The fraction of sp³-hybridized carbons (Fsp3) is 0.529. The van der Waals surface area contributed by atoms with Gasteiger partial charge in [-0.3, -0.25) is 9.59 Å². The van der Waals surface area contributed by atoms with Crippen LogP contribution in [0.1, 0.15) is 60.9 Å². The average Bonchev–Trinajstić information content (AvgIpc) is 3.12. The van der Waals surface area contributed by atoms with Crippen LogP contribution in [0.3, 0.4) is 0 Å². The molecule has 1 saturated carbocycles. The molecule has 154 valence electrons. The third kappa shape index (κ3) is 6.81. The van der Waals surface area contributed by atoms with Crippen LogP contribution in [0.15, 0.2) is 18.2 Å². The number of hydrogen-bond donors (Lipinski definition) is 3. The molecule has 1 aromatic carbocycles. The highest BCUT2D eigenvalue weighted by Crippen LogP contribution is 2.37. The Labute approximate surface area is 164 Å². The molecule has 1 fully saturated rings. The summed E-state index contributed by atoms with van der Waals surface area (Å²) in [5, 5.41) is 17.9. The van der Waals surface area contributed by atoms with Gasteiger partial charge in [-0.05, 0) is 48.9 Å². The van der Waals surface area contributed by atoms with Crippen LogP contribution in [-0.4, -0.2) is 50.0 Å². The number of ether oxygens (including phenoxy) is 1. The van der Waals surface area contributed by atoms with Gasteiger partial charge in [0.1, 0.15) is 5.75 Å². The molecule has 2 rings (SSSR count). The van der Waals surface area contributed by atoms with E-state index in [0.29, 0.717) is 5.56 Å². The first-order valence-corrected chi connectivity index (χ1v) is 10.7.